The van der Waals surface area contributed by atoms with Crippen LogP contribution in [0.1, 0.15) is 67.0 Å². The maximum Gasteiger partial charge on any atom is 0.0657 e. The Morgan fingerprint density at radius 3 is 2.62 bits per heavy atom. The van der Waals surface area contributed by atoms with Crippen LogP contribution in [-0.2, 0) is 19.3 Å². The molecule has 1 fully saturated rings. The number of piperidine rings is 1. The number of aromatic nitrogens is 2. The molecule has 0 unspecified atom stereocenters. The van der Waals surface area contributed by atoms with Gasteiger partial charge in [-0.2, -0.15) is 5.10 Å². The quantitative estimate of drug-likeness (QED) is 0.737. The largest absolute Gasteiger partial charge is 0.303 e. The van der Waals surface area contributed by atoms with Crippen molar-refractivity contribution in [2.24, 2.45) is 0 Å². The molecule has 1 aliphatic carbocycles. The molecule has 2 aliphatic rings. The summed E-state index contributed by atoms with van der Waals surface area (Å²) < 4.78 is 0. The summed E-state index contributed by atoms with van der Waals surface area (Å²) in [6.07, 6.45) is 11.3. The third kappa shape index (κ3) is 4.32. The number of aryl methyl sites for hydroxylation is 2. The Balaban J connectivity index is 1.23. The molecule has 2 aromatic rings. The lowest BCUT2D eigenvalue weighted by Crippen LogP contribution is -2.33. The van der Waals surface area contributed by atoms with Crippen molar-refractivity contribution in [3.05, 3.63) is 51.8 Å². The van der Waals surface area contributed by atoms with Crippen molar-refractivity contribution >= 4 is 11.6 Å². The minimum Gasteiger partial charge on any atom is -0.303 e. The highest BCUT2D eigenvalue weighted by Crippen LogP contribution is 2.29. The van der Waals surface area contributed by atoms with E-state index < -0.39 is 0 Å². The van der Waals surface area contributed by atoms with Crippen LogP contribution in [0.4, 0.5) is 0 Å². The molecule has 26 heavy (non-hydrogen) atoms. The minimum absolute atomic E-state index is 0.700. The summed E-state index contributed by atoms with van der Waals surface area (Å²) in [5.41, 5.74) is 5.76. The minimum atomic E-state index is 0.700. The second-order valence-electron chi connectivity index (χ2n) is 7.96. The number of fused-ring (bicyclic) bond motifs is 1. The van der Waals surface area contributed by atoms with Crippen molar-refractivity contribution in [1.82, 2.24) is 15.1 Å². The van der Waals surface area contributed by atoms with Crippen molar-refractivity contribution in [1.29, 1.82) is 0 Å². The molecule has 3 nitrogen and oxygen atoms in total. The highest BCUT2D eigenvalue weighted by Gasteiger charge is 2.21. The molecule has 0 saturated carbocycles. The molecule has 1 N–H and O–H groups in total. The number of nitrogens with zero attached hydrogens (tertiary/aromatic N) is 2. The molecular weight excluding hydrogens is 342 g/mol. The van der Waals surface area contributed by atoms with E-state index >= 15 is 0 Å². The van der Waals surface area contributed by atoms with E-state index in [2.05, 4.69) is 27.2 Å². The second kappa shape index (κ2) is 8.58. The summed E-state index contributed by atoms with van der Waals surface area (Å²) in [4.78, 5) is 2.64. The van der Waals surface area contributed by atoms with Crippen LogP contribution in [-0.4, -0.2) is 34.7 Å². The molecule has 0 spiro atoms. The molecule has 0 atom stereocenters. The summed E-state index contributed by atoms with van der Waals surface area (Å²) in [6, 6.07) is 8.45. The van der Waals surface area contributed by atoms with Crippen molar-refractivity contribution in [3.8, 4) is 0 Å². The van der Waals surface area contributed by atoms with E-state index in [4.69, 9.17) is 11.6 Å². The van der Waals surface area contributed by atoms with Crippen LogP contribution in [0.3, 0.4) is 0 Å². The van der Waals surface area contributed by atoms with E-state index in [0.717, 1.165) is 11.4 Å². The Morgan fingerprint density at radius 1 is 1.04 bits per heavy atom. The lowest BCUT2D eigenvalue weighted by Gasteiger charge is -2.32. The number of likely N-dealkylation sites (tertiary alicyclic amines) is 1. The SMILES string of the molecule is Clc1ccc(C2CCN(CCCc3n[nH]c4c3CCCCC4)CC2)cc1. The fraction of sp³-hybridized carbons (Fsp3) is 0.591. The zero-order chi connectivity index (χ0) is 17.8. The predicted molar refractivity (Wildman–Crippen MR) is 108 cm³/mol. The van der Waals surface area contributed by atoms with Crippen molar-refractivity contribution in [3.63, 3.8) is 0 Å². The number of benzene rings is 1. The molecule has 140 valence electrons. The van der Waals surface area contributed by atoms with Crippen LogP contribution >= 0.6 is 11.6 Å². The maximum atomic E-state index is 6.01. The molecule has 1 saturated heterocycles. The molecule has 4 heteroatoms. The summed E-state index contributed by atoms with van der Waals surface area (Å²) in [7, 11) is 0. The first kappa shape index (κ1) is 18.1. The molecule has 0 amide bonds. The first-order valence-corrected chi connectivity index (χ1v) is 10.7. The van der Waals surface area contributed by atoms with Gasteiger partial charge in [0.2, 0.25) is 0 Å². The van der Waals surface area contributed by atoms with E-state index in [0.29, 0.717) is 5.92 Å². The van der Waals surface area contributed by atoms with Gasteiger partial charge in [0.05, 0.1) is 5.69 Å². The van der Waals surface area contributed by atoms with Crippen LogP contribution in [0.2, 0.25) is 5.02 Å². The summed E-state index contributed by atoms with van der Waals surface area (Å²) >= 11 is 6.01. The van der Waals surface area contributed by atoms with E-state index in [-0.39, 0.29) is 0 Å². The van der Waals surface area contributed by atoms with Crippen LogP contribution < -0.4 is 0 Å². The lowest BCUT2D eigenvalue weighted by molar-refractivity contribution is 0.210. The summed E-state index contributed by atoms with van der Waals surface area (Å²) in [6.45, 7) is 3.63. The first-order valence-electron chi connectivity index (χ1n) is 10.3. The van der Waals surface area contributed by atoms with Gasteiger partial charge in [-0.3, -0.25) is 5.10 Å². The number of hydrogen-bond acceptors (Lipinski definition) is 2. The van der Waals surface area contributed by atoms with Gasteiger partial charge >= 0.3 is 0 Å². The normalized spacial score (nSPS) is 19.3. The van der Waals surface area contributed by atoms with E-state index in [1.807, 2.05) is 12.1 Å². The van der Waals surface area contributed by atoms with Gasteiger partial charge in [0, 0.05) is 10.7 Å². The molecule has 1 aromatic heterocycles. The molecule has 1 aliphatic heterocycles. The fourth-order valence-electron chi connectivity index (χ4n) is 4.63. The van der Waals surface area contributed by atoms with Crippen LogP contribution in [0.25, 0.3) is 0 Å². The number of hydrogen-bond donors (Lipinski definition) is 1. The van der Waals surface area contributed by atoms with Crippen LogP contribution in [0.5, 0.6) is 0 Å². The van der Waals surface area contributed by atoms with Gasteiger partial charge < -0.3 is 4.90 Å². The third-order valence-corrected chi connectivity index (χ3v) is 6.46. The molecule has 4 rings (SSSR count). The predicted octanol–water partition coefficient (Wildman–Crippen LogP) is 5.14. The Kier molecular flexibility index (Phi) is 5.96. The van der Waals surface area contributed by atoms with Gasteiger partial charge in [0.15, 0.2) is 0 Å². The highest BCUT2D eigenvalue weighted by molar-refractivity contribution is 6.30. The van der Waals surface area contributed by atoms with Crippen LogP contribution in [0, 0.1) is 0 Å². The van der Waals surface area contributed by atoms with Gasteiger partial charge in [-0.05, 0) is 100 Å². The second-order valence-corrected chi connectivity index (χ2v) is 8.40. The Labute approximate surface area is 162 Å². The smallest absolute Gasteiger partial charge is 0.0657 e. The van der Waals surface area contributed by atoms with E-state index in [1.54, 1.807) is 5.56 Å². The van der Waals surface area contributed by atoms with E-state index in [9.17, 15) is 0 Å². The van der Waals surface area contributed by atoms with Gasteiger partial charge in [-0.15, -0.1) is 0 Å². The summed E-state index contributed by atoms with van der Waals surface area (Å²) in [5.74, 6) is 0.700. The number of aromatic amines is 1. The number of halogens is 1. The average molecular weight is 372 g/mol. The van der Waals surface area contributed by atoms with Gasteiger partial charge in [-0.1, -0.05) is 30.2 Å². The average Bonchev–Trinajstić information content (AvgIpc) is 2.89. The van der Waals surface area contributed by atoms with Gasteiger partial charge in [-0.25, -0.2) is 0 Å². The molecular formula is C22H30ClN3. The van der Waals surface area contributed by atoms with Crippen LogP contribution in [0.15, 0.2) is 24.3 Å². The third-order valence-electron chi connectivity index (χ3n) is 6.21. The number of rotatable bonds is 5. The highest BCUT2D eigenvalue weighted by atomic mass is 35.5. The number of nitrogens with one attached hydrogen (secondary N) is 1. The van der Waals surface area contributed by atoms with Gasteiger partial charge in [0.1, 0.15) is 0 Å². The molecule has 0 bridgehead atoms. The number of H-pyrrole nitrogens is 1. The van der Waals surface area contributed by atoms with Crippen molar-refractivity contribution in [2.45, 2.75) is 63.7 Å². The zero-order valence-electron chi connectivity index (χ0n) is 15.6. The summed E-state index contributed by atoms with van der Waals surface area (Å²) in [5, 5.41) is 8.77. The standard InChI is InChI=1S/C22H30ClN3/c23-19-10-8-17(9-11-19)18-12-15-26(16-13-18)14-4-7-22-20-5-2-1-3-6-21(20)24-25-22/h8-11,18H,1-7,12-16H2,(H,24,25). The lowest BCUT2D eigenvalue weighted by atomic mass is 9.89. The monoisotopic (exact) mass is 371 g/mol. The topological polar surface area (TPSA) is 31.9 Å². The Hall–Kier alpha value is -1.32. The van der Waals surface area contributed by atoms with Crippen molar-refractivity contribution in [2.75, 3.05) is 19.6 Å². The van der Waals surface area contributed by atoms with E-state index in [1.165, 1.54) is 88.0 Å². The van der Waals surface area contributed by atoms with Gasteiger partial charge in [0.25, 0.3) is 0 Å². The molecule has 0 radical (unpaired) electrons. The Morgan fingerprint density at radius 2 is 1.81 bits per heavy atom. The molecule has 2 heterocycles. The fourth-order valence-corrected chi connectivity index (χ4v) is 4.75. The first-order chi connectivity index (χ1) is 12.8. The van der Waals surface area contributed by atoms with Crippen molar-refractivity contribution < 1.29 is 0 Å². The zero-order valence-corrected chi connectivity index (χ0v) is 16.4. The maximum absolute atomic E-state index is 6.01. The molecule has 1 aromatic carbocycles. The Bertz CT molecular complexity index is 699.